The van der Waals surface area contributed by atoms with Crippen molar-refractivity contribution < 1.29 is 23.4 Å². The number of fused-ring (bicyclic) bond motifs is 1. The van der Waals surface area contributed by atoms with Gasteiger partial charge in [-0.1, -0.05) is 30.3 Å². The van der Waals surface area contributed by atoms with Gasteiger partial charge in [-0.05, 0) is 35.9 Å². The predicted octanol–water partition coefficient (Wildman–Crippen LogP) is 5.11. The minimum absolute atomic E-state index is 0.163. The highest BCUT2D eigenvalue weighted by molar-refractivity contribution is 5.80. The van der Waals surface area contributed by atoms with Gasteiger partial charge in [0, 0.05) is 18.1 Å². The highest BCUT2D eigenvalue weighted by atomic mass is 16.5. The molecule has 0 bridgehead atoms. The molecule has 1 aromatic heterocycles. The number of ether oxygens (including phenoxy) is 4. The lowest BCUT2D eigenvalue weighted by molar-refractivity contribution is 0.322. The summed E-state index contributed by atoms with van der Waals surface area (Å²) in [6.07, 6.45) is 0.785. The highest BCUT2D eigenvalue weighted by Crippen LogP contribution is 2.41. The van der Waals surface area contributed by atoms with E-state index in [9.17, 15) is 4.79 Å². The topological polar surface area (TPSA) is 67.1 Å². The molecule has 6 heteroatoms. The largest absolute Gasteiger partial charge is 0.493 e. The summed E-state index contributed by atoms with van der Waals surface area (Å²) in [5, 5.41) is 0.457. The predicted molar refractivity (Wildman–Crippen MR) is 123 cm³/mol. The van der Waals surface area contributed by atoms with Crippen LogP contribution in [-0.2, 0) is 6.42 Å². The average molecular weight is 432 g/mol. The van der Waals surface area contributed by atoms with Crippen LogP contribution in [0, 0.1) is 0 Å². The average Bonchev–Trinajstić information content (AvgIpc) is 2.83. The van der Waals surface area contributed by atoms with Gasteiger partial charge in [-0.3, -0.25) is 4.79 Å². The first-order chi connectivity index (χ1) is 15.6. The molecule has 0 saturated carbocycles. The normalized spacial score (nSPS) is 10.7. The van der Waals surface area contributed by atoms with Gasteiger partial charge >= 0.3 is 0 Å². The van der Waals surface area contributed by atoms with Crippen molar-refractivity contribution in [2.24, 2.45) is 0 Å². The summed E-state index contributed by atoms with van der Waals surface area (Å²) in [6, 6.07) is 20.3. The zero-order valence-corrected chi connectivity index (χ0v) is 18.2. The van der Waals surface area contributed by atoms with Gasteiger partial charge in [0.15, 0.2) is 16.9 Å². The third-order valence-electron chi connectivity index (χ3n) is 5.15. The van der Waals surface area contributed by atoms with Crippen molar-refractivity contribution in [1.82, 2.24) is 0 Å². The first-order valence-electron chi connectivity index (χ1n) is 10.2. The summed E-state index contributed by atoms with van der Waals surface area (Å²) >= 11 is 0. The van der Waals surface area contributed by atoms with Crippen LogP contribution >= 0.6 is 0 Å². The van der Waals surface area contributed by atoms with Gasteiger partial charge in [0.05, 0.1) is 33.3 Å². The van der Waals surface area contributed by atoms with Gasteiger partial charge in [-0.15, -0.1) is 0 Å². The van der Waals surface area contributed by atoms with Crippen molar-refractivity contribution >= 4 is 11.0 Å². The van der Waals surface area contributed by atoms with Crippen LogP contribution in [0.2, 0.25) is 0 Å². The third kappa shape index (κ3) is 4.39. The van der Waals surface area contributed by atoms with Crippen molar-refractivity contribution in [3.05, 3.63) is 82.5 Å². The van der Waals surface area contributed by atoms with Crippen molar-refractivity contribution in [3.63, 3.8) is 0 Å². The lowest BCUT2D eigenvalue weighted by Gasteiger charge is -2.14. The molecular weight excluding hydrogens is 408 g/mol. The summed E-state index contributed by atoms with van der Waals surface area (Å²) < 4.78 is 28.0. The summed E-state index contributed by atoms with van der Waals surface area (Å²) in [4.78, 5) is 12.8. The molecule has 0 spiro atoms. The minimum Gasteiger partial charge on any atom is -0.493 e. The molecule has 32 heavy (non-hydrogen) atoms. The quantitative estimate of drug-likeness (QED) is 0.386. The van der Waals surface area contributed by atoms with Gasteiger partial charge in [0.1, 0.15) is 17.1 Å². The van der Waals surface area contributed by atoms with Gasteiger partial charge in [-0.2, -0.15) is 0 Å². The molecule has 3 aromatic carbocycles. The molecule has 0 radical (unpaired) electrons. The zero-order valence-electron chi connectivity index (χ0n) is 18.2. The molecule has 0 N–H and O–H groups in total. The molecule has 0 aliphatic heterocycles. The Kier molecular flexibility index (Phi) is 6.31. The Labute approximate surface area is 185 Å². The summed E-state index contributed by atoms with van der Waals surface area (Å²) in [6.45, 7) is 0.518. The molecule has 0 aliphatic rings. The van der Waals surface area contributed by atoms with Crippen LogP contribution in [0.4, 0.5) is 0 Å². The van der Waals surface area contributed by atoms with Gasteiger partial charge in [0.25, 0.3) is 0 Å². The van der Waals surface area contributed by atoms with Crippen LogP contribution in [0.1, 0.15) is 5.56 Å². The van der Waals surface area contributed by atoms with Crippen molar-refractivity contribution in [2.45, 2.75) is 6.42 Å². The van der Waals surface area contributed by atoms with E-state index < -0.39 is 0 Å². The molecule has 4 aromatic rings. The first kappa shape index (κ1) is 21.3. The van der Waals surface area contributed by atoms with E-state index in [0.29, 0.717) is 51.9 Å². The number of hydrogen-bond donors (Lipinski definition) is 0. The van der Waals surface area contributed by atoms with Crippen LogP contribution in [0.5, 0.6) is 23.0 Å². The van der Waals surface area contributed by atoms with E-state index in [1.54, 1.807) is 30.3 Å². The lowest BCUT2D eigenvalue weighted by Crippen LogP contribution is -2.04. The SMILES string of the molecule is COc1cc(-c2cc(=O)c3cc(OCCc4ccccc4)ccc3o2)cc(OC)c1OC. The molecule has 0 amide bonds. The number of methoxy groups -OCH3 is 3. The summed E-state index contributed by atoms with van der Waals surface area (Å²) in [5.41, 5.74) is 2.14. The third-order valence-corrected chi connectivity index (χ3v) is 5.15. The van der Waals surface area contributed by atoms with Crippen molar-refractivity contribution in [1.29, 1.82) is 0 Å². The first-order valence-corrected chi connectivity index (χ1v) is 10.2. The van der Waals surface area contributed by atoms with E-state index in [-0.39, 0.29) is 5.43 Å². The van der Waals surface area contributed by atoms with Crippen LogP contribution in [0.25, 0.3) is 22.3 Å². The maximum absolute atomic E-state index is 12.8. The van der Waals surface area contributed by atoms with E-state index in [1.807, 2.05) is 18.2 Å². The number of benzene rings is 3. The fourth-order valence-corrected chi connectivity index (χ4v) is 3.52. The molecule has 164 valence electrons. The maximum Gasteiger partial charge on any atom is 0.203 e. The van der Waals surface area contributed by atoms with E-state index in [0.717, 1.165) is 6.42 Å². The summed E-state index contributed by atoms with van der Waals surface area (Å²) in [5.74, 6) is 2.46. The molecule has 4 rings (SSSR count). The van der Waals surface area contributed by atoms with Crippen LogP contribution in [0.3, 0.4) is 0 Å². The smallest absolute Gasteiger partial charge is 0.203 e. The Hall–Kier alpha value is -3.93. The Morgan fingerprint density at radius 3 is 2.19 bits per heavy atom. The summed E-state index contributed by atoms with van der Waals surface area (Å²) in [7, 11) is 4.61. The Morgan fingerprint density at radius 1 is 0.812 bits per heavy atom. The Morgan fingerprint density at radius 2 is 1.53 bits per heavy atom. The fourth-order valence-electron chi connectivity index (χ4n) is 3.52. The maximum atomic E-state index is 12.8. The van der Waals surface area contributed by atoms with Crippen LogP contribution < -0.4 is 24.4 Å². The lowest BCUT2D eigenvalue weighted by atomic mass is 10.1. The second-order valence-electron chi connectivity index (χ2n) is 7.13. The van der Waals surface area contributed by atoms with Crippen molar-refractivity contribution in [2.75, 3.05) is 27.9 Å². The standard InChI is InChI=1S/C26H24O6/c1-28-24-13-18(14-25(29-2)26(24)30-3)23-16-21(27)20-15-19(9-10-22(20)32-23)31-12-11-17-7-5-4-6-8-17/h4-10,13-16H,11-12H2,1-3H3. The van der Waals surface area contributed by atoms with Crippen LogP contribution in [0.15, 0.2) is 75.9 Å². The molecule has 6 nitrogen and oxygen atoms in total. The number of hydrogen-bond acceptors (Lipinski definition) is 6. The van der Waals surface area contributed by atoms with Gasteiger partial charge in [0.2, 0.25) is 5.75 Å². The van der Waals surface area contributed by atoms with Crippen molar-refractivity contribution in [3.8, 4) is 34.3 Å². The highest BCUT2D eigenvalue weighted by Gasteiger charge is 2.16. The molecule has 0 atom stereocenters. The van der Waals surface area contributed by atoms with E-state index in [2.05, 4.69) is 12.1 Å². The molecule has 1 heterocycles. The molecular formula is C26H24O6. The Bertz CT molecular complexity index is 1250. The van der Waals surface area contributed by atoms with Gasteiger partial charge in [-0.25, -0.2) is 0 Å². The minimum atomic E-state index is -0.163. The molecule has 0 unspecified atom stereocenters. The molecule has 0 fully saturated rings. The van der Waals surface area contributed by atoms with E-state index >= 15 is 0 Å². The zero-order chi connectivity index (χ0) is 22.5. The van der Waals surface area contributed by atoms with Crippen LogP contribution in [-0.4, -0.2) is 27.9 Å². The second-order valence-corrected chi connectivity index (χ2v) is 7.13. The fraction of sp³-hybridized carbons (Fsp3) is 0.192. The monoisotopic (exact) mass is 432 g/mol. The van der Waals surface area contributed by atoms with E-state index in [1.165, 1.54) is 33.0 Å². The van der Waals surface area contributed by atoms with E-state index in [4.69, 9.17) is 23.4 Å². The molecule has 0 saturated heterocycles. The molecule has 0 aliphatic carbocycles. The number of rotatable bonds is 8. The second kappa shape index (κ2) is 9.47. The van der Waals surface area contributed by atoms with Gasteiger partial charge < -0.3 is 23.4 Å². The Balaban J connectivity index is 1.62.